The van der Waals surface area contributed by atoms with Gasteiger partial charge in [0, 0.05) is 5.69 Å². The quantitative estimate of drug-likeness (QED) is 0.475. The second-order valence-electron chi connectivity index (χ2n) is 6.76. The molecular formula is C20H14ClF3N4O4S2. The zero-order valence-electron chi connectivity index (χ0n) is 17.1. The number of anilines is 2. The van der Waals surface area contributed by atoms with Gasteiger partial charge in [-0.15, -0.1) is 13.2 Å². The van der Waals surface area contributed by atoms with Crippen LogP contribution in [0.5, 0.6) is 5.75 Å². The van der Waals surface area contributed by atoms with Crippen molar-refractivity contribution in [2.24, 2.45) is 0 Å². The van der Waals surface area contributed by atoms with Crippen molar-refractivity contribution in [3.05, 3.63) is 69.7 Å². The molecule has 3 aromatic rings. The predicted molar refractivity (Wildman–Crippen MR) is 120 cm³/mol. The molecule has 0 unspecified atom stereocenters. The van der Waals surface area contributed by atoms with Crippen molar-refractivity contribution < 1.29 is 31.1 Å². The molecule has 0 radical (unpaired) electrons. The number of amides is 1. The minimum absolute atomic E-state index is 0.0660. The van der Waals surface area contributed by atoms with Crippen molar-refractivity contribution in [2.45, 2.75) is 12.9 Å². The number of carbonyl (C=O) groups is 1. The Balaban J connectivity index is 1.96. The maximum atomic E-state index is 12.4. The molecule has 0 aliphatic heterocycles. The maximum absolute atomic E-state index is 12.4. The highest BCUT2D eigenvalue weighted by molar-refractivity contribution is 7.89. The molecule has 0 aliphatic rings. The number of alkyl halides is 3. The summed E-state index contributed by atoms with van der Waals surface area (Å²) < 4.78 is 65.6. The van der Waals surface area contributed by atoms with Crippen molar-refractivity contribution in [3.8, 4) is 11.8 Å². The van der Waals surface area contributed by atoms with Gasteiger partial charge in [0.1, 0.15) is 10.1 Å². The summed E-state index contributed by atoms with van der Waals surface area (Å²) in [4.78, 5) is 18.0. The number of rotatable bonds is 7. The van der Waals surface area contributed by atoms with Crippen molar-refractivity contribution >= 4 is 49.7 Å². The molecule has 2 aromatic carbocycles. The lowest BCUT2D eigenvalue weighted by Crippen LogP contribution is -2.29. The van der Waals surface area contributed by atoms with E-state index in [4.69, 9.17) is 16.9 Å². The molecule has 8 nitrogen and oxygen atoms in total. The summed E-state index contributed by atoms with van der Waals surface area (Å²) in [5.74, 6) is -1.40. The third-order valence-electron chi connectivity index (χ3n) is 4.10. The zero-order valence-corrected chi connectivity index (χ0v) is 19.5. The molecule has 0 saturated heterocycles. The lowest BCUT2D eigenvalue weighted by atomic mass is 10.1. The first-order valence-corrected chi connectivity index (χ1v) is 12.2. The minimum Gasteiger partial charge on any atom is -0.406 e. The number of nitrogens with zero attached hydrogens (tertiary/aromatic N) is 3. The predicted octanol–water partition coefficient (Wildman–Crippen LogP) is 4.59. The molecule has 0 spiro atoms. The molecule has 3 rings (SSSR count). The van der Waals surface area contributed by atoms with Crippen LogP contribution in [0.25, 0.3) is 0 Å². The largest absolute Gasteiger partial charge is 0.573 e. The summed E-state index contributed by atoms with van der Waals surface area (Å²) in [6.07, 6.45) is -4.02. The summed E-state index contributed by atoms with van der Waals surface area (Å²) in [6.45, 7) is 0.0924. The monoisotopic (exact) mass is 530 g/mol. The van der Waals surface area contributed by atoms with Gasteiger partial charge in [0.15, 0.2) is 10.8 Å². The van der Waals surface area contributed by atoms with E-state index in [-0.39, 0.29) is 21.7 Å². The number of thiazole rings is 1. The second kappa shape index (κ2) is 9.88. The smallest absolute Gasteiger partial charge is 0.406 e. The van der Waals surface area contributed by atoms with Crippen LogP contribution in [-0.2, 0) is 16.6 Å². The molecule has 0 saturated carbocycles. The average Bonchev–Trinajstić information content (AvgIpc) is 3.12. The summed E-state index contributed by atoms with van der Waals surface area (Å²) in [6, 6.07) is 13.5. The molecule has 14 heteroatoms. The number of hydrogen-bond donors (Lipinski definition) is 1. The Labute approximate surface area is 201 Å². The van der Waals surface area contributed by atoms with Crippen molar-refractivity contribution in [2.75, 3.05) is 11.2 Å². The van der Waals surface area contributed by atoms with Gasteiger partial charge in [0.25, 0.3) is 5.91 Å². The van der Waals surface area contributed by atoms with Crippen LogP contribution in [0.1, 0.15) is 21.6 Å². The van der Waals surface area contributed by atoms with Gasteiger partial charge in [-0.05, 0) is 42.0 Å². The fourth-order valence-corrected chi connectivity index (χ4v) is 4.31. The van der Waals surface area contributed by atoms with Gasteiger partial charge in [0.05, 0.1) is 24.4 Å². The normalized spacial score (nSPS) is 11.5. The van der Waals surface area contributed by atoms with Crippen molar-refractivity contribution in [1.29, 1.82) is 5.26 Å². The van der Waals surface area contributed by atoms with Gasteiger partial charge < -0.3 is 9.64 Å². The van der Waals surface area contributed by atoms with E-state index in [1.54, 1.807) is 33.9 Å². The Morgan fingerprint density at radius 2 is 1.82 bits per heavy atom. The SMILES string of the molecule is CS(=O)(=O)NC(=O)c1nc(N(Cc2ccc(OC(F)(F)F)cc2)c2ccc(C#N)cc2)sc1Cl. The number of nitrogens with one attached hydrogen (secondary N) is 1. The van der Waals surface area contributed by atoms with E-state index in [9.17, 15) is 26.4 Å². The highest BCUT2D eigenvalue weighted by atomic mass is 35.5. The van der Waals surface area contributed by atoms with Crippen LogP contribution in [0.15, 0.2) is 48.5 Å². The van der Waals surface area contributed by atoms with E-state index in [1.807, 2.05) is 6.07 Å². The van der Waals surface area contributed by atoms with E-state index in [2.05, 4.69) is 9.72 Å². The van der Waals surface area contributed by atoms with E-state index >= 15 is 0 Å². The third-order valence-corrected chi connectivity index (χ3v) is 5.94. The van der Waals surface area contributed by atoms with Crippen LogP contribution >= 0.6 is 22.9 Å². The van der Waals surface area contributed by atoms with Crippen LogP contribution in [0, 0.1) is 11.3 Å². The number of nitriles is 1. The molecule has 0 atom stereocenters. The van der Waals surface area contributed by atoms with Crippen LogP contribution < -0.4 is 14.4 Å². The first kappa shape index (κ1) is 25.3. The molecule has 1 aromatic heterocycles. The maximum Gasteiger partial charge on any atom is 0.573 e. The number of sulfonamides is 1. The van der Waals surface area contributed by atoms with Gasteiger partial charge in [-0.25, -0.2) is 18.1 Å². The van der Waals surface area contributed by atoms with Gasteiger partial charge in [-0.3, -0.25) is 4.79 Å². The lowest BCUT2D eigenvalue weighted by molar-refractivity contribution is -0.274. The molecule has 0 fully saturated rings. The second-order valence-corrected chi connectivity index (χ2v) is 10.1. The molecule has 1 heterocycles. The Bertz CT molecular complexity index is 1340. The van der Waals surface area contributed by atoms with Gasteiger partial charge in [-0.1, -0.05) is 35.1 Å². The highest BCUT2D eigenvalue weighted by Gasteiger charge is 2.31. The summed E-state index contributed by atoms with van der Waals surface area (Å²) in [7, 11) is -3.85. The summed E-state index contributed by atoms with van der Waals surface area (Å²) in [5, 5.41) is 9.25. The first-order valence-electron chi connectivity index (χ1n) is 9.15. The van der Waals surface area contributed by atoms with Crippen molar-refractivity contribution in [3.63, 3.8) is 0 Å². The number of aromatic nitrogens is 1. The fraction of sp³-hybridized carbons (Fsp3) is 0.150. The van der Waals surface area contributed by atoms with Crippen molar-refractivity contribution in [1.82, 2.24) is 9.71 Å². The van der Waals surface area contributed by atoms with E-state index in [1.165, 1.54) is 12.1 Å². The Kier molecular flexibility index (Phi) is 7.35. The Morgan fingerprint density at radius 1 is 1.21 bits per heavy atom. The number of halogens is 4. The minimum atomic E-state index is -4.82. The zero-order chi connectivity index (χ0) is 25.1. The number of hydrogen-bond acceptors (Lipinski definition) is 8. The molecule has 1 amide bonds. The molecule has 0 aliphatic carbocycles. The average molecular weight is 531 g/mol. The van der Waals surface area contributed by atoms with Gasteiger partial charge in [-0.2, -0.15) is 5.26 Å². The summed E-state index contributed by atoms with van der Waals surface area (Å²) >= 11 is 7.04. The lowest BCUT2D eigenvalue weighted by Gasteiger charge is -2.22. The fourth-order valence-electron chi connectivity index (χ4n) is 2.73. The Morgan fingerprint density at radius 3 is 2.35 bits per heavy atom. The van der Waals surface area contributed by atoms with Crippen LogP contribution in [0.2, 0.25) is 4.34 Å². The van der Waals surface area contributed by atoms with Crippen LogP contribution in [0.3, 0.4) is 0 Å². The van der Waals surface area contributed by atoms with E-state index in [0.29, 0.717) is 16.8 Å². The highest BCUT2D eigenvalue weighted by Crippen LogP contribution is 2.36. The number of ether oxygens (including phenoxy) is 1. The topological polar surface area (TPSA) is 112 Å². The number of benzene rings is 2. The van der Waals surface area contributed by atoms with Gasteiger partial charge in [0.2, 0.25) is 10.0 Å². The molecular weight excluding hydrogens is 517 g/mol. The molecule has 0 bridgehead atoms. The van der Waals surface area contributed by atoms with Crippen LogP contribution in [-0.4, -0.2) is 31.9 Å². The van der Waals surface area contributed by atoms with Gasteiger partial charge >= 0.3 is 6.36 Å². The standard InChI is InChI=1S/C20H14ClF3N4O4S2/c1-34(30,31)27-18(29)16-17(21)33-19(26-16)28(14-6-2-12(10-25)3-7-14)11-13-4-8-15(9-5-13)32-20(22,23)24/h2-9H,11H2,1H3,(H,27,29). The van der Waals surface area contributed by atoms with E-state index < -0.39 is 28.0 Å². The summed E-state index contributed by atoms with van der Waals surface area (Å²) in [5.41, 5.74) is 1.19. The third kappa shape index (κ3) is 6.83. The molecule has 178 valence electrons. The number of carbonyl (C=O) groups excluding carboxylic acids is 1. The first-order chi connectivity index (χ1) is 15.8. The van der Waals surface area contributed by atoms with Crippen LogP contribution in [0.4, 0.5) is 24.0 Å². The molecule has 1 N–H and O–H groups in total. The molecule has 34 heavy (non-hydrogen) atoms. The Hall–Kier alpha value is -3.34. The van der Waals surface area contributed by atoms with E-state index in [0.717, 1.165) is 29.7 Å².